The van der Waals surface area contributed by atoms with Crippen molar-refractivity contribution < 1.29 is 44.3 Å². The second-order valence-corrected chi connectivity index (χ2v) is 14.4. The highest BCUT2D eigenvalue weighted by molar-refractivity contribution is 7.30. The summed E-state index contributed by atoms with van der Waals surface area (Å²) in [5, 5.41) is 28.0. The van der Waals surface area contributed by atoms with Gasteiger partial charge in [-0.2, -0.15) is 4.89 Å². The Hall–Kier alpha value is -3.66. The van der Waals surface area contributed by atoms with Crippen molar-refractivity contribution in [2.24, 2.45) is 0 Å². The van der Waals surface area contributed by atoms with Crippen LogP contribution in [0.25, 0.3) is 39.0 Å². The molecule has 0 fully saturated rings. The van der Waals surface area contributed by atoms with Crippen molar-refractivity contribution in [1.29, 1.82) is 0 Å². The number of thiophene rings is 5. The Morgan fingerprint density at radius 1 is 0.605 bits per heavy atom. The molecule has 0 saturated heterocycles. The fraction of sp³-hybridized carbons (Fsp3) is 0.172. The lowest BCUT2D eigenvalue weighted by molar-refractivity contribution is -0.215. The van der Waals surface area contributed by atoms with Gasteiger partial charge in [-0.05, 0) is 72.5 Å². The zero-order valence-corrected chi connectivity index (χ0v) is 26.4. The standard InChI is InChI=1S/C29H22O9S5/c1-37-38-29(36)21-9-5-17(40-21)23-13-15(3-11-25(32)33)27(43-23)19-7-6-18(41-19)26-14(2-10-24(30)31)12-22(42-26)16-4-8-20(39-16)28(34)35/h4-9,12-13H,2-3,10-11H2,1H3,(H,30,31)(H,32,33)(H,34,35). The number of hydrogen-bond donors (Lipinski definition) is 3. The minimum absolute atomic E-state index is 0.0377. The van der Waals surface area contributed by atoms with Gasteiger partial charge >= 0.3 is 23.9 Å². The van der Waals surface area contributed by atoms with E-state index in [1.807, 2.05) is 30.3 Å². The molecule has 14 heteroatoms. The first-order chi connectivity index (χ1) is 20.6. The van der Waals surface area contributed by atoms with E-state index in [-0.39, 0.29) is 17.7 Å². The van der Waals surface area contributed by atoms with Crippen LogP contribution in [-0.2, 0) is 32.2 Å². The molecular formula is C29H22O9S5. The Kier molecular flexibility index (Phi) is 9.54. The van der Waals surface area contributed by atoms with Crippen molar-refractivity contribution in [3.8, 4) is 39.0 Å². The summed E-state index contributed by atoms with van der Waals surface area (Å²) in [5.41, 5.74) is 1.75. The molecule has 0 aliphatic heterocycles. The van der Waals surface area contributed by atoms with Gasteiger partial charge in [0.05, 0.1) is 7.11 Å². The quantitative estimate of drug-likeness (QED) is 0.0832. The maximum atomic E-state index is 12.1. The first-order valence-corrected chi connectivity index (χ1v) is 16.7. The van der Waals surface area contributed by atoms with Crippen LogP contribution in [0.3, 0.4) is 0 Å². The molecule has 5 rings (SSSR count). The predicted molar refractivity (Wildman–Crippen MR) is 169 cm³/mol. The van der Waals surface area contributed by atoms with Crippen LogP contribution in [0, 0.1) is 0 Å². The van der Waals surface area contributed by atoms with Crippen molar-refractivity contribution in [3.05, 3.63) is 69.4 Å². The SMILES string of the molecule is COOC(=O)c1ccc(-c2cc(CCC(=O)O)c(-c3ccc(-c4sc(-c5ccc(C(=O)O)s5)cc4CCC(=O)O)s3)s2)s1. The number of carbonyl (C=O) groups excluding carboxylic acids is 1. The molecule has 0 spiro atoms. The lowest BCUT2D eigenvalue weighted by atomic mass is 10.1. The third-order valence-corrected chi connectivity index (χ3v) is 12.5. The Morgan fingerprint density at radius 3 is 1.51 bits per heavy atom. The lowest BCUT2D eigenvalue weighted by Crippen LogP contribution is -2.00. The minimum Gasteiger partial charge on any atom is -0.481 e. The van der Waals surface area contributed by atoms with Crippen LogP contribution in [0.2, 0.25) is 0 Å². The normalized spacial score (nSPS) is 11.1. The van der Waals surface area contributed by atoms with Crippen LogP contribution in [0.1, 0.15) is 43.3 Å². The number of aryl methyl sites for hydroxylation is 2. The molecule has 0 aliphatic rings. The topological polar surface area (TPSA) is 147 Å². The number of aliphatic carboxylic acids is 2. The first kappa shape index (κ1) is 30.8. The van der Waals surface area contributed by atoms with Gasteiger partial charge in [0.15, 0.2) is 0 Å². The van der Waals surface area contributed by atoms with Gasteiger partial charge < -0.3 is 15.3 Å². The third-order valence-electron chi connectivity index (χ3n) is 6.16. The highest BCUT2D eigenvalue weighted by Crippen LogP contribution is 2.48. The average molecular weight is 675 g/mol. The van der Waals surface area contributed by atoms with Gasteiger partial charge in [0.2, 0.25) is 0 Å². The van der Waals surface area contributed by atoms with Crippen molar-refractivity contribution in [2.75, 3.05) is 7.11 Å². The molecule has 9 nitrogen and oxygen atoms in total. The molecule has 0 radical (unpaired) electrons. The van der Waals surface area contributed by atoms with Crippen molar-refractivity contribution in [3.63, 3.8) is 0 Å². The second-order valence-electron chi connectivity index (χ2n) is 9.05. The van der Waals surface area contributed by atoms with Gasteiger partial charge in [-0.25, -0.2) is 9.59 Å². The molecule has 0 aliphatic carbocycles. The molecule has 222 valence electrons. The zero-order chi connectivity index (χ0) is 30.7. The number of carboxylic acids is 3. The monoisotopic (exact) mass is 674 g/mol. The Bertz CT molecular complexity index is 1820. The van der Waals surface area contributed by atoms with Crippen LogP contribution in [-0.4, -0.2) is 46.3 Å². The van der Waals surface area contributed by atoms with E-state index in [4.69, 9.17) is 0 Å². The van der Waals surface area contributed by atoms with E-state index in [2.05, 4.69) is 9.78 Å². The summed E-state index contributed by atoms with van der Waals surface area (Å²) in [6.45, 7) is 0. The number of carbonyl (C=O) groups is 4. The smallest absolute Gasteiger partial charge is 0.382 e. The number of carboxylic acid groups (broad SMARTS) is 3. The summed E-state index contributed by atoms with van der Waals surface area (Å²) in [6, 6.07) is 14.6. The number of aromatic carboxylic acids is 1. The molecule has 0 aromatic carbocycles. The molecule has 0 atom stereocenters. The number of rotatable bonds is 13. The molecule has 0 unspecified atom stereocenters. The summed E-state index contributed by atoms with van der Waals surface area (Å²) in [4.78, 5) is 63.1. The average Bonchev–Trinajstić information content (AvgIpc) is 3.78. The van der Waals surface area contributed by atoms with E-state index in [1.165, 1.54) is 63.8 Å². The molecule has 0 bridgehead atoms. The van der Waals surface area contributed by atoms with Gasteiger partial charge in [-0.3, -0.25) is 14.5 Å². The van der Waals surface area contributed by atoms with E-state index >= 15 is 0 Å². The van der Waals surface area contributed by atoms with Crippen LogP contribution >= 0.6 is 56.7 Å². The van der Waals surface area contributed by atoms with Crippen molar-refractivity contribution in [1.82, 2.24) is 0 Å². The fourth-order valence-corrected chi connectivity index (χ4v) is 9.84. The zero-order valence-electron chi connectivity index (χ0n) is 22.3. The molecule has 0 saturated carbocycles. The van der Waals surface area contributed by atoms with Crippen molar-refractivity contribution in [2.45, 2.75) is 25.7 Å². The van der Waals surface area contributed by atoms with E-state index in [9.17, 15) is 34.5 Å². The Labute approximate surface area is 264 Å². The summed E-state index contributed by atoms with van der Waals surface area (Å²) in [5.74, 6) is -3.40. The Balaban J connectivity index is 1.51. The third kappa shape index (κ3) is 7.12. The largest absolute Gasteiger partial charge is 0.481 e. The van der Waals surface area contributed by atoms with E-state index < -0.39 is 23.9 Å². The molecule has 5 aromatic heterocycles. The van der Waals surface area contributed by atoms with Crippen LogP contribution < -0.4 is 0 Å². The fourth-order valence-electron chi connectivity index (χ4n) is 4.24. The molecular weight excluding hydrogens is 653 g/mol. The Morgan fingerprint density at radius 2 is 1.07 bits per heavy atom. The van der Waals surface area contributed by atoms with E-state index in [1.54, 1.807) is 18.2 Å². The second kappa shape index (κ2) is 13.3. The van der Waals surface area contributed by atoms with Crippen molar-refractivity contribution >= 4 is 80.6 Å². The lowest BCUT2D eigenvalue weighted by Gasteiger charge is -2.01. The maximum Gasteiger partial charge on any atom is 0.382 e. The highest BCUT2D eigenvalue weighted by atomic mass is 32.1. The molecule has 5 heterocycles. The van der Waals surface area contributed by atoms with Gasteiger partial charge in [0, 0.05) is 51.9 Å². The molecule has 3 N–H and O–H groups in total. The highest BCUT2D eigenvalue weighted by Gasteiger charge is 2.21. The molecule has 5 aromatic rings. The molecule has 0 amide bonds. The van der Waals surface area contributed by atoms with Gasteiger partial charge in [-0.15, -0.1) is 56.7 Å². The van der Waals surface area contributed by atoms with E-state index in [0.29, 0.717) is 17.7 Å². The molecule has 43 heavy (non-hydrogen) atoms. The summed E-state index contributed by atoms with van der Waals surface area (Å²) in [6.07, 6.45) is 0.574. The van der Waals surface area contributed by atoms with Crippen LogP contribution in [0.5, 0.6) is 0 Å². The van der Waals surface area contributed by atoms with Gasteiger partial charge in [-0.1, -0.05) is 0 Å². The van der Waals surface area contributed by atoms with Gasteiger partial charge in [0.25, 0.3) is 0 Å². The maximum absolute atomic E-state index is 12.1. The summed E-state index contributed by atoms with van der Waals surface area (Å²) < 4.78 is 0. The van der Waals surface area contributed by atoms with E-state index in [0.717, 1.165) is 50.1 Å². The number of hydrogen-bond acceptors (Lipinski definition) is 11. The van der Waals surface area contributed by atoms with Crippen LogP contribution in [0.4, 0.5) is 0 Å². The minimum atomic E-state index is -0.996. The van der Waals surface area contributed by atoms with Crippen LogP contribution in [0.15, 0.2) is 48.5 Å². The summed E-state index contributed by atoms with van der Waals surface area (Å²) in [7, 11) is 1.26. The summed E-state index contributed by atoms with van der Waals surface area (Å²) >= 11 is 6.95. The van der Waals surface area contributed by atoms with Gasteiger partial charge in [0.1, 0.15) is 9.75 Å². The first-order valence-electron chi connectivity index (χ1n) is 12.6. The predicted octanol–water partition coefficient (Wildman–Crippen LogP) is 8.11.